The van der Waals surface area contributed by atoms with Crippen LogP contribution in [0.5, 0.6) is 0 Å². The van der Waals surface area contributed by atoms with E-state index in [0.29, 0.717) is 10.7 Å². The second kappa shape index (κ2) is 9.54. The van der Waals surface area contributed by atoms with Gasteiger partial charge in [0.2, 0.25) is 0 Å². The molecule has 0 bridgehead atoms. The summed E-state index contributed by atoms with van der Waals surface area (Å²) in [5, 5.41) is 5.07. The third kappa shape index (κ3) is 5.24. The summed E-state index contributed by atoms with van der Waals surface area (Å²) in [7, 11) is 3.84. The second-order valence-electron chi connectivity index (χ2n) is 7.07. The largest absolute Gasteiger partial charge is 0.449 e. The van der Waals surface area contributed by atoms with Crippen LogP contribution in [0.15, 0.2) is 53.9 Å². The fourth-order valence-corrected chi connectivity index (χ4v) is 3.48. The lowest BCUT2D eigenvalue weighted by atomic mass is 10.1. The van der Waals surface area contributed by atoms with Gasteiger partial charge in [-0.25, -0.2) is 9.78 Å². The first-order valence-corrected chi connectivity index (χ1v) is 10.6. The van der Waals surface area contributed by atoms with Crippen molar-refractivity contribution in [2.75, 3.05) is 24.3 Å². The van der Waals surface area contributed by atoms with Crippen LogP contribution in [-0.2, 0) is 16.0 Å². The molecule has 0 spiro atoms. The van der Waals surface area contributed by atoms with Gasteiger partial charge in [-0.2, -0.15) is 0 Å². The monoisotopic (exact) mass is 423 g/mol. The van der Waals surface area contributed by atoms with E-state index < -0.39 is 18.0 Å². The molecule has 3 aromatic rings. The number of ether oxygens (including phenoxy) is 1. The lowest BCUT2D eigenvalue weighted by Crippen LogP contribution is -2.30. The number of carbonyl (C=O) groups is 2. The summed E-state index contributed by atoms with van der Waals surface area (Å²) in [6, 6.07) is 15.2. The van der Waals surface area contributed by atoms with Crippen molar-refractivity contribution in [2.45, 2.75) is 26.4 Å². The molecule has 0 aliphatic carbocycles. The molecule has 156 valence electrons. The van der Waals surface area contributed by atoms with Crippen molar-refractivity contribution in [1.29, 1.82) is 0 Å². The zero-order valence-electron chi connectivity index (χ0n) is 17.5. The van der Waals surface area contributed by atoms with Gasteiger partial charge >= 0.3 is 5.97 Å². The topological polar surface area (TPSA) is 71.5 Å². The van der Waals surface area contributed by atoms with E-state index in [1.807, 2.05) is 48.6 Å². The molecule has 1 aromatic heterocycles. The summed E-state index contributed by atoms with van der Waals surface area (Å²) in [5.41, 5.74) is 4.41. The highest BCUT2D eigenvalue weighted by Crippen LogP contribution is 2.25. The van der Waals surface area contributed by atoms with Crippen LogP contribution in [0.3, 0.4) is 0 Å². The van der Waals surface area contributed by atoms with Crippen molar-refractivity contribution in [3.8, 4) is 11.3 Å². The second-order valence-corrected chi connectivity index (χ2v) is 7.92. The Hall–Kier alpha value is -3.19. The van der Waals surface area contributed by atoms with Crippen LogP contribution in [0.1, 0.15) is 29.8 Å². The Kier molecular flexibility index (Phi) is 6.84. The number of aromatic nitrogens is 1. The predicted octanol–water partition coefficient (Wildman–Crippen LogP) is 4.62. The number of aryl methyl sites for hydroxylation is 1. The quantitative estimate of drug-likeness (QED) is 0.562. The molecule has 1 atom stereocenters. The number of hydrogen-bond acceptors (Lipinski definition) is 6. The number of nitrogens with zero attached hydrogens (tertiary/aromatic N) is 2. The molecule has 1 heterocycles. The maximum Gasteiger partial charge on any atom is 0.338 e. The molecule has 30 heavy (non-hydrogen) atoms. The van der Waals surface area contributed by atoms with Gasteiger partial charge in [0.05, 0.1) is 11.3 Å². The molecule has 0 fully saturated rings. The molecule has 0 aliphatic heterocycles. The average Bonchev–Trinajstić information content (AvgIpc) is 3.22. The maximum absolute atomic E-state index is 12.4. The molecule has 0 saturated heterocycles. The van der Waals surface area contributed by atoms with Gasteiger partial charge in [-0.05, 0) is 43.2 Å². The van der Waals surface area contributed by atoms with Crippen LogP contribution in [0.2, 0.25) is 0 Å². The minimum Gasteiger partial charge on any atom is -0.449 e. The Morgan fingerprint density at radius 3 is 2.37 bits per heavy atom. The third-order valence-corrected chi connectivity index (χ3v) is 5.42. The Bertz CT molecular complexity index is 1010. The van der Waals surface area contributed by atoms with Gasteiger partial charge in [0.15, 0.2) is 11.2 Å². The van der Waals surface area contributed by atoms with Crippen molar-refractivity contribution in [3.05, 3.63) is 65.0 Å². The fourth-order valence-electron chi connectivity index (χ4n) is 2.76. The van der Waals surface area contributed by atoms with E-state index in [-0.39, 0.29) is 0 Å². The highest BCUT2D eigenvalue weighted by Gasteiger charge is 2.20. The van der Waals surface area contributed by atoms with Crippen molar-refractivity contribution in [1.82, 2.24) is 4.98 Å². The summed E-state index contributed by atoms with van der Waals surface area (Å²) < 4.78 is 5.30. The molecule has 3 rings (SSSR count). The van der Waals surface area contributed by atoms with Gasteiger partial charge in [-0.1, -0.05) is 31.2 Å². The van der Waals surface area contributed by atoms with Crippen LogP contribution in [0.4, 0.5) is 10.8 Å². The van der Waals surface area contributed by atoms with Crippen LogP contribution in [0.25, 0.3) is 11.3 Å². The number of carbonyl (C=O) groups excluding carboxylic acids is 2. The van der Waals surface area contributed by atoms with Crippen molar-refractivity contribution >= 4 is 34.0 Å². The number of nitrogens with one attached hydrogen (secondary N) is 1. The molecular formula is C23H25N3O3S. The van der Waals surface area contributed by atoms with E-state index in [4.69, 9.17) is 4.74 Å². The standard InChI is InChI=1S/C23H25N3O3S/c1-5-16-6-8-17(9-7-16)20-14-30-23(24-20)25-21(27)15(2)29-22(28)18-10-12-19(13-11-18)26(3)4/h6-15H,5H2,1-4H3,(H,24,25,27)/t15-/m0/s1. The first-order chi connectivity index (χ1) is 14.4. The van der Waals surface area contributed by atoms with E-state index >= 15 is 0 Å². The van der Waals surface area contributed by atoms with Crippen molar-refractivity contribution in [2.24, 2.45) is 0 Å². The molecule has 1 amide bonds. The minimum atomic E-state index is -0.942. The number of hydrogen-bond donors (Lipinski definition) is 1. The van der Waals surface area contributed by atoms with Crippen LogP contribution < -0.4 is 10.2 Å². The van der Waals surface area contributed by atoms with E-state index in [0.717, 1.165) is 23.4 Å². The number of rotatable bonds is 7. The number of esters is 1. The summed E-state index contributed by atoms with van der Waals surface area (Å²) >= 11 is 1.33. The van der Waals surface area contributed by atoms with E-state index in [2.05, 4.69) is 29.4 Å². The summed E-state index contributed by atoms with van der Waals surface area (Å²) in [5.74, 6) is -0.964. The van der Waals surface area contributed by atoms with E-state index in [1.165, 1.54) is 16.9 Å². The zero-order valence-corrected chi connectivity index (χ0v) is 18.3. The van der Waals surface area contributed by atoms with Crippen LogP contribution in [-0.4, -0.2) is 37.1 Å². The smallest absolute Gasteiger partial charge is 0.338 e. The molecule has 7 heteroatoms. The van der Waals surface area contributed by atoms with Crippen LogP contribution >= 0.6 is 11.3 Å². The molecule has 0 radical (unpaired) electrons. The maximum atomic E-state index is 12.4. The number of amides is 1. The fraction of sp³-hybridized carbons (Fsp3) is 0.261. The molecule has 1 N–H and O–H groups in total. The van der Waals surface area contributed by atoms with E-state index in [1.54, 1.807) is 19.1 Å². The average molecular weight is 424 g/mol. The highest BCUT2D eigenvalue weighted by molar-refractivity contribution is 7.14. The first kappa shape index (κ1) is 21.5. The lowest BCUT2D eigenvalue weighted by Gasteiger charge is -2.14. The Balaban J connectivity index is 1.58. The van der Waals surface area contributed by atoms with Crippen molar-refractivity contribution < 1.29 is 14.3 Å². The normalized spacial score (nSPS) is 11.6. The first-order valence-electron chi connectivity index (χ1n) is 9.71. The molecule has 0 aliphatic rings. The summed E-state index contributed by atoms with van der Waals surface area (Å²) in [6.07, 6.45) is 0.0388. The summed E-state index contributed by atoms with van der Waals surface area (Å²) in [6.45, 7) is 3.65. The Labute approximate surface area is 180 Å². The third-order valence-electron chi connectivity index (χ3n) is 4.66. The van der Waals surface area contributed by atoms with Gasteiger partial charge in [-0.3, -0.25) is 10.1 Å². The van der Waals surface area contributed by atoms with E-state index in [9.17, 15) is 9.59 Å². The van der Waals surface area contributed by atoms with Gasteiger partial charge in [0.1, 0.15) is 0 Å². The van der Waals surface area contributed by atoms with Gasteiger partial charge < -0.3 is 9.64 Å². The van der Waals surface area contributed by atoms with Gasteiger partial charge in [0.25, 0.3) is 5.91 Å². The Morgan fingerprint density at radius 1 is 1.10 bits per heavy atom. The van der Waals surface area contributed by atoms with Gasteiger partial charge in [-0.15, -0.1) is 11.3 Å². The summed E-state index contributed by atoms with van der Waals surface area (Å²) in [4.78, 5) is 31.1. The van der Waals surface area contributed by atoms with Gasteiger partial charge in [0, 0.05) is 30.7 Å². The molecule has 0 unspecified atom stereocenters. The molecule has 6 nitrogen and oxygen atoms in total. The SMILES string of the molecule is CCc1ccc(-c2csc(NC(=O)[C@H](C)OC(=O)c3ccc(N(C)C)cc3)n2)cc1. The molecule has 2 aromatic carbocycles. The molecule has 0 saturated carbocycles. The molecular weight excluding hydrogens is 398 g/mol. The Morgan fingerprint density at radius 2 is 1.77 bits per heavy atom. The van der Waals surface area contributed by atoms with Crippen LogP contribution in [0, 0.1) is 0 Å². The minimum absolute atomic E-state index is 0.396. The number of thiazole rings is 1. The lowest BCUT2D eigenvalue weighted by molar-refractivity contribution is -0.123. The number of anilines is 2. The zero-order chi connectivity index (χ0) is 21.7. The highest BCUT2D eigenvalue weighted by atomic mass is 32.1. The predicted molar refractivity (Wildman–Crippen MR) is 121 cm³/mol. The van der Waals surface area contributed by atoms with Crippen molar-refractivity contribution in [3.63, 3.8) is 0 Å². The number of benzene rings is 2.